The van der Waals surface area contributed by atoms with Crippen molar-refractivity contribution in [3.8, 4) is 0 Å². The predicted molar refractivity (Wildman–Crippen MR) is 92.9 cm³/mol. The second-order valence-corrected chi connectivity index (χ2v) is 8.20. The highest BCUT2D eigenvalue weighted by Crippen LogP contribution is 2.15. The average molecular weight is 402 g/mol. The lowest BCUT2D eigenvalue weighted by atomic mass is 10.3. The van der Waals surface area contributed by atoms with Gasteiger partial charge in [0, 0.05) is 12.8 Å². The number of anilines is 2. The molecule has 0 radical (unpaired) electrons. The molecule has 0 saturated carbocycles. The molecular formula is C14H15FN4O5S2. The summed E-state index contributed by atoms with van der Waals surface area (Å²) in [6.07, 6.45) is 0. The van der Waals surface area contributed by atoms with Crippen LogP contribution in [0.3, 0.4) is 0 Å². The van der Waals surface area contributed by atoms with Gasteiger partial charge in [-0.1, -0.05) is 11.3 Å². The summed E-state index contributed by atoms with van der Waals surface area (Å²) in [4.78, 5) is 23.6. The molecule has 0 atom stereocenters. The Labute approximate surface area is 152 Å². The fourth-order valence-corrected chi connectivity index (χ4v) is 3.60. The van der Waals surface area contributed by atoms with Crippen molar-refractivity contribution < 1.29 is 27.1 Å². The number of hydrogen-bond donors (Lipinski definition) is 2. The number of sulfone groups is 1. The normalized spacial score (nSPS) is 11.2. The maximum Gasteiger partial charge on any atom is 0.241 e. The molecule has 140 valence electrons. The van der Waals surface area contributed by atoms with Crippen molar-refractivity contribution in [3.05, 3.63) is 35.1 Å². The van der Waals surface area contributed by atoms with E-state index >= 15 is 0 Å². The highest BCUT2D eigenvalue weighted by Gasteiger charge is 2.22. The third-order valence-corrected chi connectivity index (χ3v) is 5.03. The van der Waals surface area contributed by atoms with Crippen LogP contribution in [-0.4, -0.2) is 49.0 Å². The first-order valence-electron chi connectivity index (χ1n) is 7.14. The van der Waals surface area contributed by atoms with Crippen LogP contribution in [0.4, 0.5) is 15.2 Å². The summed E-state index contributed by atoms with van der Waals surface area (Å²) in [5, 5.41) is 12.7. The number of carbonyl (C=O) groups is 2. The molecule has 2 N–H and O–H groups in total. The molecule has 0 aliphatic rings. The van der Waals surface area contributed by atoms with Gasteiger partial charge in [-0.15, -0.1) is 10.2 Å². The highest BCUT2D eigenvalue weighted by atomic mass is 32.2. The van der Waals surface area contributed by atoms with Gasteiger partial charge in [-0.05, 0) is 24.3 Å². The van der Waals surface area contributed by atoms with Crippen molar-refractivity contribution in [3.63, 3.8) is 0 Å². The zero-order chi connectivity index (χ0) is 19.2. The van der Waals surface area contributed by atoms with Gasteiger partial charge in [0.05, 0.1) is 0 Å². The summed E-state index contributed by atoms with van der Waals surface area (Å²) in [5.74, 6) is -3.92. The maximum absolute atomic E-state index is 12.8. The Hall–Kier alpha value is -2.44. The molecule has 0 spiro atoms. The average Bonchev–Trinajstić information content (AvgIpc) is 2.95. The molecule has 26 heavy (non-hydrogen) atoms. The standard InChI is InChI=1S/C14H15FN4O5S2/c1-24-6-13-18-19-14(25-13)17-12(21)8-26(22,23)7-11(20)16-10-4-2-9(15)3-5-10/h2-5H,6-8H2,1H3,(H,16,20)(H,17,19,21). The van der Waals surface area contributed by atoms with Crippen molar-refractivity contribution in [1.29, 1.82) is 0 Å². The Morgan fingerprint density at radius 3 is 2.35 bits per heavy atom. The van der Waals surface area contributed by atoms with Crippen molar-refractivity contribution in [2.75, 3.05) is 29.2 Å². The molecular weight excluding hydrogens is 387 g/mol. The Morgan fingerprint density at radius 2 is 1.73 bits per heavy atom. The lowest BCUT2D eigenvalue weighted by Gasteiger charge is -2.06. The minimum atomic E-state index is -4.00. The summed E-state index contributed by atoms with van der Waals surface area (Å²) in [6.45, 7) is 0.218. The van der Waals surface area contributed by atoms with E-state index in [1.54, 1.807) is 0 Å². The van der Waals surface area contributed by atoms with Gasteiger partial charge < -0.3 is 10.1 Å². The fourth-order valence-electron chi connectivity index (χ4n) is 1.82. The molecule has 2 amide bonds. The van der Waals surface area contributed by atoms with E-state index in [0.29, 0.717) is 5.01 Å². The minimum absolute atomic E-state index is 0.132. The molecule has 1 aromatic heterocycles. The smallest absolute Gasteiger partial charge is 0.241 e. The van der Waals surface area contributed by atoms with Crippen LogP contribution >= 0.6 is 11.3 Å². The summed E-state index contributed by atoms with van der Waals surface area (Å²) >= 11 is 1.04. The molecule has 0 saturated heterocycles. The molecule has 12 heteroatoms. The number of halogens is 1. The summed E-state index contributed by atoms with van der Waals surface area (Å²) < 4.78 is 41.6. The zero-order valence-electron chi connectivity index (χ0n) is 13.6. The quantitative estimate of drug-likeness (QED) is 0.669. The van der Waals surface area contributed by atoms with E-state index in [2.05, 4.69) is 20.8 Å². The first-order valence-corrected chi connectivity index (χ1v) is 9.78. The molecule has 2 aromatic rings. The molecule has 2 rings (SSSR count). The van der Waals surface area contributed by atoms with Crippen LogP contribution in [0.2, 0.25) is 0 Å². The van der Waals surface area contributed by atoms with Gasteiger partial charge in [-0.25, -0.2) is 12.8 Å². The lowest BCUT2D eigenvalue weighted by molar-refractivity contribution is -0.114. The predicted octanol–water partition coefficient (Wildman–Crippen LogP) is 0.816. The molecule has 0 unspecified atom stereocenters. The molecule has 1 aromatic carbocycles. The number of benzene rings is 1. The van der Waals surface area contributed by atoms with E-state index in [1.165, 1.54) is 19.2 Å². The lowest BCUT2D eigenvalue weighted by Crippen LogP contribution is -2.30. The Bertz CT molecular complexity index is 883. The molecule has 1 heterocycles. The minimum Gasteiger partial charge on any atom is -0.377 e. The van der Waals surface area contributed by atoms with Crippen LogP contribution in [0, 0.1) is 5.82 Å². The Kier molecular flexibility index (Phi) is 6.71. The van der Waals surface area contributed by atoms with Gasteiger partial charge in [0.15, 0.2) is 9.84 Å². The number of ether oxygens (including phenoxy) is 1. The number of nitrogens with one attached hydrogen (secondary N) is 2. The van der Waals surface area contributed by atoms with Crippen LogP contribution in [0.15, 0.2) is 24.3 Å². The van der Waals surface area contributed by atoms with E-state index in [4.69, 9.17) is 4.74 Å². The van der Waals surface area contributed by atoms with E-state index in [9.17, 15) is 22.4 Å². The number of aromatic nitrogens is 2. The molecule has 0 bridgehead atoms. The second kappa shape index (κ2) is 8.78. The SMILES string of the molecule is COCc1nnc(NC(=O)CS(=O)(=O)CC(=O)Nc2ccc(F)cc2)s1. The van der Waals surface area contributed by atoms with Crippen LogP contribution < -0.4 is 10.6 Å². The topological polar surface area (TPSA) is 127 Å². The van der Waals surface area contributed by atoms with Crippen molar-refractivity contribution in [2.45, 2.75) is 6.61 Å². The van der Waals surface area contributed by atoms with Crippen LogP contribution in [0.1, 0.15) is 5.01 Å². The van der Waals surface area contributed by atoms with E-state index in [-0.39, 0.29) is 17.4 Å². The zero-order valence-corrected chi connectivity index (χ0v) is 15.2. The largest absolute Gasteiger partial charge is 0.377 e. The summed E-state index contributed by atoms with van der Waals surface area (Å²) in [5.41, 5.74) is 0.246. The molecule has 0 aliphatic heterocycles. The van der Waals surface area contributed by atoms with Crippen molar-refractivity contribution >= 4 is 43.8 Å². The van der Waals surface area contributed by atoms with Gasteiger partial charge >= 0.3 is 0 Å². The summed E-state index contributed by atoms with van der Waals surface area (Å²) in [6, 6.07) is 4.83. The van der Waals surface area contributed by atoms with Crippen molar-refractivity contribution in [2.24, 2.45) is 0 Å². The monoisotopic (exact) mass is 402 g/mol. The fraction of sp³-hybridized carbons (Fsp3) is 0.286. The number of hydrogen-bond acceptors (Lipinski definition) is 8. The third-order valence-electron chi connectivity index (χ3n) is 2.81. The van der Waals surface area contributed by atoms with E-state index in [1.807, 2.05) is 0 Å². The van der Waals surface area contributed by atoms with E-state index in [0.717, 1.165) is 23.5 Å². The van der Waals surface area contributed by atoms with Crippen LogP contribution in [-0.2, 0) is 30.8 Å². The number of nitrogens with zero attached hydrogens (tertiary/aromatic N) is 2. The first kappa shape index (κ1) is 19.9. The summed E-state index contributed by atoms with van der Waals surface area (Å²) in [7, 11) is -2.52. The maximum atomic E-state index is 12.8. The molecule has 0 aliphatic carbocycles. The van der Waals surface area contributed by atoms with Gasteiger partial charge in [0.25, 0.3) is 0 Å². The Balaban J connectivity index is 1.87. The third kappa shape index (κ3) is 6.46. The number of rotatable bonds is 8. The van der Waals surface area contributed by atoms with Crippen LogP contribution in [0.5, 0.6) is 0 Å². The van der Waals surface area contributed by atoms with E-state index < -0.39 is 39.0 Å². The molecule has 0 fully saturated rings. The molecule has 9 nitrogen and oxygen atoms in total. The highest BCUT2D eigenvalue weighted by molar-refractivity contribution is 7.92. The first-order chi connectivity index (χ1) is 12.3. The Morgan fingerprint density at radius 1 is 1.12 bits per heavy atom. The van der Waals surface area contributed by atoms with Crippen molar-refractivity contribution in [1.82, 2.24) is 10.2 Å². The number of methoxy groups -OCH3 is 1. The second-order valence-electron chi connectivity index (χ2n) is 5.07. The van der Waals surface area contributed by atoms with Gasteiger partial charge in [0.1, 0.15) is 28.9 Å². The number of carbonyl (C=O) groups excluding carboxylic acids is 2. The number of amides is 2. The van der Waals surface area contributed by atoms with Gasteiger partial charge in [0.2, 0.25) is 16.9 Å². The van der Waals surface area contributed by atoms with Gasteiger partial charge in [-0.3, -0.25) is 14.9 Å². The van der Waals surface area contributed by atoms with Crippen LogP contribution in [0.25, 0.3) is 0 Å². The van der Waals surface area contributed by atoms with Gasteiger partial charge in [-0.2, -0.15) is 0 Å².